The standard InChI is InChI=1S/C56H75BN4O9/c1-8-9-12-36-14-16-37(17-15-36)38-18-20-39(21-19-38)45(62)30-42(13-10-11-26-58)54(67)61-52-41-22-24-48(68-7)40(29-41)23-25-51(65)59-33-44(60-53(66)34(2)27-47(52)64)46(63)28-35(3)57-69-50-32-43-31-49(55(43,4)5)56(50,6)70-57/h14-22,24,29,34-35,42-44,49-50,52H,8-13,23,25-28,30-33,58H2,1-7H3,(H,59,65)(H,60,66)(H,61,67)/t34-,35-,42-,43+,44+,49+,50-,52+,56+/m1/s1. The van der Waals surface area contributed by atoms with E-state index < -0.39 is 54.2 Å². The van der Waals surface area contributed by atoms with E-state index in [-0.39, 0.29) is 73.5 Å². The largest absolute Gasteiger partial charge is 0.496 e. The average molecular weight is 959 g/mol. The molecule has 8 rings (SSSR count). The highest BCUT2D eigenvalue weighted by Gasteiger charge is 2.68. The van der Waals surface area contributed by atoms with Gasteiger partial charge >= 0.3 is 7.12 Å². The number of methoxy groups -OCH3 is 1. The average Bonchev–Trinajstić information content (AvgIpc) is 3.72. The van der Waals surface area contributed by atoms with Gasteiger partial charge in [-0.25, -0.2) is 0 Å². The Bertz CT molecular complexity index is 2370. The van der Waals surface area contributed by atoms with Crippen LogP contribution in [0, 0.1) is 29.1 Å². The van der Waals surface area contributed by atoms with Gasteiger partial charge in [0.1, 0.15) is 17.8 Å². The second kappa shape index (κ2) is 22.9. The molecule has 3 saturated carbocycles. The molecule has 2 aliphatic heterocycles. The van der Waals surface area contributed by atoms with Gasteiger partial charge in [0.05, 0.1) is 18.8 Å². The van der Waals surface area contributed by atoms with Crippen LogP contribution in [0.1, 0.15) is 145 Å². The van der Waals surface area contributed by atoms with Gasteiger partial charge in [0.25, 0.3) is 0 Å². The first-order valence-corrected chi connectivity index (χ1v) is 25.8. The van der Waals surface area contributed by atoms with Crippen molar-refractivity contribution < 1.29 is 42.8 Å². The lowest BCUT2D eigenvalue weighted by molar-refractivity contribution is -0.199. The van der Waals surface area contributed by atoms with Gasteiger partial charge in [0.2, 0.25) is 17.7 Å². The maximum Gasteiger partial charge on any atom is 0.461 e. The number of unbranched alkanes of at least 4 members (excludes halogenated alkanes) is 2. The smallest absolute Gasteiger partial charge is 0.461 e. The SMILES string of the molecule is CCCCc1ccc(-c2ccc(C(=O)C[C@@H](CCCCN)C(=O)N[C@@H]3C(=O)C[C@@H](C)C(=O)N[C@H](C(=O)C[C@@H](C)B4O[C@@H]5C[C@@H]6C[C@@H](C6(C)C)[C@]5(C)O4)CNC(=O)CCc4cc3ccc4OC)cc2)cc1. The molecule has 376 valence electrons. The molecule has 3 aromatic carbocycles. The van der Waals surface area contributed by atoms with E-state index in [1.807, 2.05) is 19.1 Å². The van der Waals surface area contributed by atoms with Crippen LogP contribution in [-0.2, 0) is 46.1 Å². The Morgan fingerprint density at radius 1 is 0.929 bits per heavy atom. The van der Waals surface area contributed by atoms with Crippen molar-refractivity contribution in [3.63, 3.8) is 0 Å². The summed E-state index contributed by atoms with van der Waals surface area (Å²) in [6.45, 7) is 12.7. The van der Waals surface area contributed by atoms with Crippen molar-refractivity contribution in [1.82, 2.24) is 16.0 Å². The van der Waals surface area contributed by atoms with Crippen molar-refractivity contribution >= 4 is 42.2 Å². The first-order chi connectivity index (χ1) is 33.4. The molecule has 5 N–H and O–H groups in total. The third-order valence-electron chi connectivity index (χ3n) is 16.1. The van der Waals surface area contributed by atoms with Crippen molar-refractivity contribution in [2.45, 2.75) is 155 Å². The van der Waals surface area contributed by atoms with Crippen LogP contribution in [0.25, 0.3) is 11.1 Å². The minimum Gasteiger partial charge on any atom is -0.496 e. The summed E-state index contributed by atoms with van der Waals surface area (Å²) >= 11 is 0. The van der Waals surface area contributed by atoms with Crippen LogP contribution in [0.5, 0.6) is 5.75 Å². The Morgan fingerprint density at radius 3 is 2.31 bits per heavy atom. The number of ether oxygens (including phenoxy) is 1. The first-order valence-electron chi connectivity index (χ1n) is 25.8. The van der Waals surface area contributed by atoms with Crippen molar-refractivity contribution in [2.75, 3.05) is 20.2 Å². The molecule has 3 amide bonds. The molecule has 2 heterocycles. The van der Waals surface area contributed by atoms with Crippen molar-refractivity contribution in [1.29, 1.82) is 0 Å². The van der Waals surface area contributed by atoms with Gasteiger partial charge in [-0.05, 0) is 121 Å². The van der Waals surface area contributed by atoms with Crippen molar-refractivity contribution in [2.24, 2.45) is 34.8 Å². The molecule has 13 nitrogen and oxygen atoms in total. The highest BCUT2D eigenvalue weighted by Crippen LogP contribution is 2.66. The van der Waals surface area contributed by atoms with Gasteiger partial charge < -0.3 is 35.7 Å². The number of benzene rings is 3. The minimum atomic E-state index is -1.20. The maximum atomic E-state index is 14.5. The predicted molar refractivity (Wildman–Crippen MR) is 271 cm³/mol. The van der Waals surface area contributed by atoms with Gasteiger partial charge in [-0.2, -0.15) is 0 Å². The summed E-state index contributed by atoms with van der Waals surface area (Å²) in [5.74, 6) is -2.88. The Balaban J connectivity index is 1.06. The summed E-state index contributed by atoms with van der Waals surface area (Å²) in [7, 11) is 0.924. The zero-order valence-corrected chi connectivity index (χ0v) is 42.4. The molecule has 5 aliphatic rings. The van der Waals surface area contributed by atoms with E-state index in [9.17, 15) is 28.8 Å². The fourth-order valence-electron chi connectivity index (χ4n) is 11.4. The van der Waals surface area contributed by atoms with E-state index in [0.29, 0.717) is 60.1 Å². The number of fused-ring (bicyclic) bond motifs is 2. The van der Waals surface area contributed by atoms with E-state index in [1.165, 1.54) is 12.7 Å². The fraction of sp³-hybridized carbons (Fsp3) is 0.571. The minimum absolute atomic E-state index is 0.0202. The molecular formula is C56H75BN4O9. The molecule has 9 atom stereocenters. The Kier molecular flexibility index (Phi) is 17.2. The number of nitrogens with two attached hydrogens (primary N) is 1. The van der Waals surface area contributed by atoms with Crippen molar-refractivity contribution in [3.05, 3.63) is 89.0 Å². The lowest BCUT2D eigenvalue weighted by Gasteiger charge is -2.64. The number of hydrogen-bond acceptors (Lipinski definition) is 10. The van der Waals surface area contributed by atoms with Crippen LogP contribution in [0.15, 0.2) is 66.7 Å². The van der Waals surface area contributed by atoms with Crippen LogP contribution in [-0.4, -0.2) is 80.1 Å². The second-order valence-corrected chi connectivity index (χ2v) is 21.4. The number of amides is 3. The Morgan fingerprint density at radius 2 is 1.64 bits per heavy atom. The van der Waals surface area contributed by atoms with Gasteiger partial charge in [-0.1, -0.05) is 102 Å². The van der Waals surface area contributed by atoms with Gasteiger partial charge in [0, 0.05) is 49.6 Å². The summed E-state index contributed by atoms with van der Waals surface area (Å²) in [4.78, 5) is 84.4. The summed E-state index contributed by atoms with van der Waals surface area (Å²) in [6, 6.07) is 18.7. The van der Waals surface area contributed by atoms with Gasteiger partial charge in [-0.3, -0.25) is 28.8 Å². The number of aryl methyl sites for hydroxylation is 2. The Labute approximate surface area is 415 Å². The topological polar surface area (TPSA) is 192 Å². The van der Waals surface area contributed by atoms with Crippen LogP contribution >= 0.6 is 0 Å². The molecule has 3 aliphatic carbocycles. The molecule has 3 aromatic rings. The molecule has 0 unspecified atom stereocenters. The molecule has 4 bridgehead atoms. The molecule has 1 saturated heterocycles. The van der Waals surface area contributed by atoms with E-state index in [1.54, 1.807) is 37.3 Å². The molecule has 4 fully saturated rings. The third kappa shape index (κ3) is 11.9. The molecule has 70 heavy (non-hydrogen) atoms. The van der Waals surface area contributed by atoms with Crippen LogP contribution in [0.4, 0.5) is 0 Å². The van der Waals surface area contributed by atoms with Gasteiger partial charge in [-0.15, -0.1) is 0 Å². The number of Topliss-reactive ketones (excluding diaryl/α,β-unsaturated/α-hetero) is 3. The summed E-state index contributed by atoms with van der Waals surface area (Å²) < 4.78 is 18.8. The molecule has 0 radical (unpaired) electrons. The summed E-state index contributed by atoms with van der Waals surface area (Å²) in [5, 5.41) is 8.69. The number of ketones is 3. The molecular weight excluding hydrogens is 883 g/mol. The van der Waals surface area contributed by atoms with Gasteiger partial charge in [0.15, 0.2) is 17.3 Å². The number of carbonyl (C=O) groups excluding carboxylic acids is 6. The number of nitrogens with one attached hydrogen (secondary N) is 3. The van der Waals surface area contributed by atoms with Crippen LogP contribution in [0.3, 0.4) is 0 Å². The number of rotatable bonds is 18. The highest BCUT2D eigenvalue weighted by molar-refractivity contribution is 6.47. The lowest BCUT2D eigenvalue weighted by atomic mass is 9.43. The Hall–Kier alpha value is -5.18. The summed E-state index contributed by atoms with van der Waals surface area (Å²) in [6.07, 6.45) is 6.81. The van der Waals surface area contributed by atoms with Crippen LogP contribution in [0.2, 0.25) is 5.82 Å². The fourth-order valence-corrected chi connectivity index (χ4v) is 11.4. The normalized spacial score (nSPS) is 26.3. The predicted octanol–water partition coefficient (Wildman–Crippen LogP) is 8.10. The number of hydrogen-bond donors (Lipinski definition) is 4. The maximum absolute atomic E-state index is 14.5. The van der Waals surface area contributed by atoms with E-state index in [4.69, 9.17) is 19.8 Å². The molecule has 0 aromatic heterocycles. The number of carbonyl (C=O) groups is 6. The van der Waals surface area contributed by atoms with Crippen molar-refractivity contribution in [3.8, 4) is 16.9 Å². The lowest BCUT2D eigenvalue weighted by Crippen LogP contribution is -2.65. The third-order valence-corrected chi connectivity index (χ3v) is 16.1. The quantitative estimate of drug-likeness (QED) is 0.0550. The zero-order valence-electron chi connectivity index (χ0n) is 42.4. The first kappa shape index (κ1) is 52.6. The van der Waals surface area contributed by atoms with E-state index in [0.717, 1.165) is 43.2 Å². The van der Waals surface area contributed by atoms with E-state index in [2.05, 4.69) is 67.9 Å². The second-order valence-electron chi connectivity index (χ2n) is 21.4. The zero-order chi connectivity index (χ0) is 50.3. The van der Waals surface area contributed by atoms with Crippen LogP contribution < -0.4 is 26.4 Å². The van der Waals surface area contributed by atoms with E-state index >= 15 is 0 Å². The molecule has 0 spiro atoms. The molecule has 14 heteroatoms. The summed E-state index contributed by atoms with van der Waals surface area (Å²) in [5.41, 5.74) is 10.5. The monoisotopic (exact) mass is 959 g/mol. The highest BCUT2D eigenvalue weighted by atomic mass is 16.7.